The van der Waals surface area contributed by atoms with Crippen LogP contribution in [0.2, 0.25) is 0 Å². The Balaban J connectivity index is 2.25. The van der Waals surface area contributed by atoms with Crippen molar-refractivity contribution in [2.75, 3.05) is 6.54 Å². The molecular formula is C9H13N3O3. The fourth-order valence-corrected chi connectivity index (χ4v) is 1.18. The van der Waals surface area contributed by atoms with Crippen molar-refractivity contribution in [2.45, 2.75) is 12.8 Å². The number of carbonyl (C=O) groups is 2. The van der Waals surface area contributed by atoms with Gasteiger partial charge in [0.05, 0.1) is 0 Å². The van der Waals surface area contributed by atoms with Crippen LogP contribution >= 0.6 is 0 Å². The van der Waals surface area contributed by atoms with E-state index in [9.17, 15) is 9.59 Å². The minimum atomic E-state index is -1.12. The van der Waals surface area contributed by atoms with E-state index in [2.05, 4.69) is 10.4 Å². The summed E-state index contributed by atoms with van der Waals surface area (Å²) in [5.41, 5.74) is 0.991. The van der Waals surface area contributed by atoms with Gasteiger partial charge in [-0.3, -0.25) is 14.3 Å². The van der Waals surface area contributed by atoms with E-state index in [0.29, 0.717) is 13.0 Å². The van der Waals surface area contributed by atoms with Gasteiger partial charge in [-0.1, -0.05) is 0 Å². The molecule has 0 saturated heterocycles. The van der Waals surface area contributed by atoms with Crippen molar-refractivity contribution in [3.63, 3.8) is 0 Å². The van der Waals surface area contributed by atoms with Gasteiger partial charge in [0.1, 0.15) is 6.42 Å². The van der Waals surface area contributed by atoms with Gasteiger partial charge in [-0.25, -0.2) is 0 Å². The summed E-state index contributed by atoms with van der Waals surface area (Å²) >= 11 is 0. The highest BCUT2D eigenvalue weighted by Crippen LogP contribution is 1.96. The van der Waals surface area contributed by atoms with Crippen LogP contribution in [0.4, 0.5) is 0 Å². The molecule has 0 atom stereocenters. The second-order valence-corrected chi connectivity index (χ2v) is 3.12. The normalized spacial score (nSPS) is 9.93. The van der Waals surface area contributed by atoms with Gasteiger partial charge in [0.25, 0.3) is 0 Å². The molecule has 15 heavy (non-hydrogen) atoms. The number of nitrogens with zero attached hydrogens (tertiary/aromatic N) is 2. The van der Waals surface area contributed by atoms with Crippen molar-refractivity contribution in [3.8, 4) is 0 Å². The van der Waals surface area contributed by atoms with E-state index in [0.717, 1.165) is 5.69 Å². The Kier molecular flexibility index (Phi) is 3.84. The molecule has 1 rings (SSSR count). The highest BCUT2D eigenvalue weighted by molar-refractivity contribution is 5.93. The molecule has 1 heterocycles. The first kappa shape index (κ1) is 11.2. The first-order chi connectivity index (χ1) is 7.09. The molecule has 6 heteroatoms. The molecule has 0 bridgehead atoms. The van der Waals surface area contributed by atoms with Crippen molar-refractivity contribution < 1.29 is 14.7 Å². The molecule has 0 saturated carbocycles. The predicted octanol–water partition coefficient (Wildman–Crippen LogP) is -0.446. The van der Waals surface area contributed by atoms with Crippen LogP contribution < -0.4 is 5.32 Å². The fourth-order valence-electron chi connectivity index (χ4n) is 1.18. The molecule has 6 nitrogen and oxygen atoms in total. The largest absolute Gasteiger partial charge is 0.481 e. The van der Waals surface area contributed by atoms with E-state index in [1.807, 2.05) is 13.1 Å². The van der Waals surface area contributed by atoms with Gasteiger partial charge in [0, 0.05) is 31.9 Å². The monoisotopic (exact) mass is 211 g/mol. The van der Waals surface area contributed by atoms with Crippen molar-refractivity contribution in [3.05, 3.63) is 18.0 Å². The van der Waals surface area contributed by atoms with Gasteiger partial charge in [0.15, 0.2) is 0 Å². The second kappa shape index (κ2) is 5.14. The molecule has 82 valence electrons. The smallest absolute Gasteiger partial charge is 0.312 e. The number of aromatic nitrogens is 2. The van der Waals surface area contributed by atoms with E-state index in [4.69, 9.17) is 5.11 Å². The van der Waals surface area contributed by atoms with Crippen LogP contribution in [-0.4, -0.2) is 33.3 Å². The molecule has 0 fully saturated rings. The number of nitrogens with one attached hydrogen (secondary N) is 1. The van der Waals surface area contributed by atoms with Gasteiger partial charge in [-0.05, 0) is 6.07 Å². The number of hydrogen-bond acceptors (Lipinski definition) is 3. The molecular weight excluding hydrogens is 198 g/mol. The Morgan fingerprint density at radius 2 is 2.33 bits per heavy atom. The van der Waals surface area contributed by atoms with Gasteiger partial charge in [-0.2, -0.15) is 5.10 Å². The number of carboxylic acids is 1. The molecule has 0 spiro atoms. The van der Waals surface area contributed by atoms with Crippen molar-refractivity contribution in [1.82, 2.24) is 15.1 Å². The third-order valence-electron chi connectivity index (χ3n) is 1.94. The zero-order chi connectivity index (χ0) is 11.3. The van der Waals surface area contributed by atoms with Crippen molar-refractivity contribution in [1.29, 1.82) is 0 Å². The third-order valence-corrected chi connectivity index (χ3v) is 1.94. The van der Waals surface area contributed by atoms with Crippen LogP contribution in [-0.2, 0) is 23.1 Å². The summed E-state index contributed by atoms with van der Waals surface area (Å²) < 4.78 is 1.71. The standard InChI is InChI=1S/C9H13N3O3/c1-12-7(3-5-11-12)2-4-10-8(13)6-9(14)15/h3,5H,2,4,6H2,1H3,(H,10,13)(H,14,15). The summed E-state index contributed by atoms with van der Waals surface area (Å²) in [7, 11) is 1.81. The van der Waals surface area contributed by atoms with Crippen LogP contribution in [0, 0.1) is 0 Å². The first-order valence-electron chi connectivity index (χ1n) is 4.55. The number of amides is 1. The van der Waals surface area contributed by atoms with Crippen molar-refractivity contribution in [2.24, 2.45) is 7.05 Å². The van der Waals surface area contributed by atoms with Crippen LogP contribution in [0.25, 0.3) is 0 Å². The third kappa shape index (κ3) is 3.80. The summed E-state index contributed by atoms with van der Waals surface area (Å²) in [5, 5.41) is 14.8. The lowest BCUT2D eigenvalue weighted by molar-refractivity contribution is -0.140. The van der Waals surface area contributed by atoms with Gasteiger partial charge in [0.2, 0.25) is 5.91 Å². The van der Waals surface area contributed by atoms with Crippen LogP contribution in [0.3, 0.4) is 0 Å². The quantitative estimate of drug-likeness (QED) is 0.646. The molecule has 1 amide bonds. The van der Waals surface area contributed by atoms with E-state index in [1.165, 1.54) is 0 Å². The Bertz CT molecular complexity index is 359. The lowest BCUT2D eigenvalue weighted by atomic mass is 10.3. The molecule has 1 aromatic heterocycles. The average Bonchev–Trinajstić information content (AvgIpc) is 2.50. The lowest BCUT2D eigenvalue weighted by Gasteiger charge is -2.03. The summed E-state index contributed by atoms with van der Waals surface area (Å²) in [5.74, 6) is -1.59. The maximum absolute atomic E-state index is 11.0. The minimum absolute atomic E-state index is 0.422. The zero-order valence-corrected chi connectivity index (χ0v) is 8.43. The number of carboxylic acid groups (broad SMARTS) is 1. The van der Waals surface area contributed by atoms with E-state index >= 15 is 0 Å². The summed E-state index contributed by atoms with van der Waals surface area (Å²) in [6, 6.07) is 1.85. The number of aryl methyl sites for hydroxylation is 1. The topological polar surface area (TPSA) is 84.2 Å². The molecule has 0 unspecified atom stereocenters. The van der Waals surface area contributed by atoms with Crippen molar-refractivity contribution >= 4 is 11.9 Å². The van der Waals surface area contributed by atoms with Crippen LogP contribution in [0.1, 0.15) is 12.1 Å². The Labute approximate surface area is 86.9 Å². The average molecular weight is 211 g/mol. The summed E-state index contributed by atoms with van der Waals surface area (Å²) in [6.45, 7) is 0.422. The fraction of sp³-hybridized carbons (Fsp3) is 0.444. The molecule has 0 aliphatic carbocycles. The number of hydrogen-bond donors (Lipinski definition) is 2. The molecule has 0 radical (unpaired) electrons. The Hall–Kier alpha value is -1.85. The summed E-state index contributed by atoms with van der Waals surface area (Å²) in [6.07, 6.45) is 1.83. The first-order valence-corrected chi connectivity index (χ1v) is 4.55. The van der Waals surface area contributed by atoms with E-state index in [1.54, 1.807) is 10.9 Å². The van der Waals surface area contributed by atoms with E-state index in [-0.39, 0.29) is 0 Å². The number of carbonyl (C=O) groups excluding carboxylic acids is 1. The lowest BCUT2D eigenvalue weighted by Crippen LogP contribution is -2.27. The Morgan fingerprint density at radius 3 is 2.87 bits per heavy atom. The maximum atomic E-state index is 11.0. The second-order valence-electron chi connectivity index (χ2n) is 3.12. The maximum Gasteiger partial charge on any atom is 0.312 e. The zero-order valence-electron chi connectivity index (χ0n) is 8.43. The minimum Gasteiger partial charge on any atom is -0.481 e. The predicted molar refractivity (Wildman–Crippen MR) is 52.2 cm³/mol. The highest BCUT2D eigenvalue weighted by Gasteiger charge is 2.06. The highest BCUT2D eigenvalue weighted by atomic mass is 16.4. The molecule has 2 N–H and O–H groups in total. The number of rotatable bonds is 5. The van der Waals surface area contributed by atoms with Gasteiger partial charge >= 0.3 is 5.97 Å². The van der Waals surface area contributed by atoms with Gasteiger partial charge in [-0.15, -0.1) is 0 Å². The molecule has 0 aliphatic rings. The molecule has 0 aromatic carbocycles. The molecule has 0 aliphatic heterocycles. The van der Waals surface area contributed by atoms with Crippen LogP contribution in [0.15, 0.2) is 12.3 Å². The van der Waals surface area contributed by atoms with Gasteiger partial charge < -0.3 is 10.4 Å². The SMILES string of the molecule is Cn1nccc1CCNC(=O)CC(=O)O. The summed E-state index contributed by atoms with van der Waals surface area (Å²) in [4.78, 5) is 21.1. The van der Waals surface area contributed by atoms with Crippen LogP contribution in [0.5, 0.6) is 0 Å². The van der Waals surface area contributed by atoms with E-state index < -0.39 is 18.3 Å². The number of aliphatic carboxylic acids is 1. The molecule has 1 aromatic rings. The Morgan fingerprint density at radius 1 is 1.60 bits per heavy atom.